The molecule has 0 spiro atoms. The molecular weight excluding hydrogens is 369 g/mol. The Hall–Kier alpha value is -0.960. The highest BCUT2D eigenvalue weighted by molar-refractivity contribution is 9.10. The van der Waals surface area contributed by atoms with Crippen molar-refractivity contribution in [3.63, 3.8) is 0 Å². The lowest BCUT2D eigenvalue weighted by Crippen LogP contribution is -2.13. The molecule has 0 unspecified atom stereocenters. The van der Waals surface area contributed by atoms with Crippen LogP contribution < -0.4 is 4.72 Å². The van der Waals surface area contributed by atoms with Gasteiger partial charge in [-0.2, -0.15) is 0 Å². The van der Waals surface area contributed by atoms with Crippen LogP contribution in [0.4, 0.5) is 10.1 Å². The molecule has 0 saturated carbocycles. The largest absolute Gasteiger partial charge is 0.391 e. The van der Waals surface area contributed by atoms with Crippen molar-refractivity contribution in [2.45, 2.75) is 18.4 Å². The number of nitrogens with one attached hydrogen (secondary N) is 1. The van der Waals surface area contributed by atoms with E-state index in [4.69, 9.17) is 5.11 Å². The quantitative estimate of drug-likeness (QED) is 0.856. The molecule has 1 aromatic heterocycles. The van der Waals surface area contributed by atoms with E-state index in [1.165, 1.54) is 35.6 Å². The predicted molar refractivity (Wildman–Crippen MR) is 79.9 cm³/mol. The fourth-order valence-corrected chi connectivity index (χ4v) is 4.80. The first-order chi connectivity index (χ1) is 9.33. The number of thiophene rings is 1. The van der Waals surface area contributed by atoms with Gasteiger partial charge in [0.1, 0.15) is 10.7 Å². The van der Waals surface area contributed by atoms with Crippen molar-refractivity contribution in [3.8, 4) is 0 Å². The molecule has 20 heavy (non-hydrogen) atoms. The lowest BCUT2D eigenvalue weighted by Gasteiger charge is -2.09. The molecule has 2 N–H and O–H groups in total. The molecule has 0 fully saturated rings. The van der Waals surface area contributed by atoms with Crippen LogP contribution in [-0.4, -0.2) is 13.5 Å². The van der Waals surface area contributed by atoms with Gasteiger partial charge < -0.3 is 5.11 Å². The van der Waals surface area contributed by atoms with Gasteiger partial charge >= 0.3 is 0 Å². The Bertz CT molecular complexity index is 743. The Morgan fingerprint density at radius 3 is 2.65 bits per heavy atom. The number of benzene rings is 1. The lowest BCUT2D eigenvalue weighted by atomic mass is 10.3. The molecule has 0 radical (unpaired) electrons. The first-order valence-corrected chi connectivity index (χ1v) is 8.61. The molecule has 8 heteroatoms. The minimum Gasteiger partial charge on any atom is -0.391 e. The monoisotopic (exact) mass is 379 g/mol. The fourth-order valence-electron chi connectivity index (χ4n) is 1.64. The van der Waals surface area contributed by atoms with Crippen molar-refractivity contribution in [2.24, 2.45) is 0 Å². The maximum absolute atomic E-state index is 13.0. The second-order valence-electron chi connectivity index (χ2n) is 4.02. The van der Waals surface area contributed by atoms with Gasteiger partial charge in [0.15, 0.2) is 0 Å². The Labute approximate surface area is 128 Å². The molecule has 2 rings (SSSR count). The number of hydrogen-bond acceptors (Lipinski definition) is 4. The zero-order chi connectivity index (χ0) is 14.9. The summed E-state index contributed by atoms with van der Waals surface area (Å²) < 4.78 is 40.3. The molecule has 0 atom stereocenters. The molecule has 4 nitrogen and oxygen atoms in total. The summed E-state index contributed by atoms with van der Waals surface area (Å²) in [6.07, 6.45) is 0. The van der Waals surface area contributed by atoms with E-state index in [0.717, 1.165) is 0 Å². The SMILES string of the molecule is Cc1sc(CO)cc1S(=O)(=O)Nc1ccc(F)cc1Br. The van der Waals surface area contributed by atoms with Crippen molar-refractivity contribution in [1.29, 1.82) is 0 Å². The van der Waals surface area contributed by atoms with Crippen LogP contribution in [0.15, 0.2) is 33.6 Å². The second-order valence-corrected chi connectivity index (χ2v) is 7.87. The number of hydrogen-bond donors (Lipinski definition) is 2. The van der Waals surface area contributed by atoms with Gasteiger partial charge in [-0.3, -0.25) is 4.72 Å². The summed E-state index contributed by atoms with van der Waals surface area (Å²) in [5, 5.41) is 9.05. The number of aliphatic hydroxyl groups is 1. The number of halogens is 2. The average Bonchev–Trinajstić information content (AvgIpc) is 2.75. The number of rotatable bonds is 4. The molecule has 108 valence electrons. The first kappa shape index (κ1) is 15.4. The van der Waals surface area contributed by atoms with Gasteiger partial charge in [0.25, 0.3) is 10.0 Å². The molecule has 0 amide bonds. The second kappa shape index (κ2) is 5.80. The lowest BCUT2D eigenvalue weighted by molar-refractivity contribution is 0.285. The van der Waals surface area contributed by atoms with Crippen LogP contribution in [0.3, 0.4) is 0 Å². The highest BCUT2D eigenvalue weighted by Crippen LogP contribution is 2.30. The van der Waals surface area contributed by atoms with E-state index in [1.54, 1.807) is 6.92 Å². The smallest absolute Gasteiger partial charge is 0.263 e. The molecular formula is C12H11BrFNO3S2. The number of sulfonamides is 1. The van der Waals surface area contributed by atoms with E-state index in [9.17, 15) is 12.8 Å². The third-order valence-corrected chi connectivity index (χ3v) is 5.86. The van der Waals surface area contributed by atoms with Crippen LogP contribution in [0, 0.1) is 12.7 Å². The average molecular weight is 380 g/mol. The van der Waals surface area contributed by atoms with E-state index < -0.39 is 15.8 Å². The maximum atomic E-state index is 13.0. The van der Waals surface area contributed by atoms with Crippen molar-refractivity contribution >= 4 is 43.0 Å². The van der Waals surface area contributed by atoms with E-state index in [2.05, 4.69) is 20.7 Å². The minimum absolute atomic E-state index is 0.114. The zero-order valence-electron chi connectivity index (χ0n) is 10.4. The summed E-state index contributed by atoms with van der Waals surface area (Å²) in [5.41, 5.74) is 0.252. The van der Waals surface area contributed by atoms with Crippen molar-refractivity contribution < 1.29 is 17.9 Å². The molecule has 1 aromatic carbocycles. The molecule has 1 heterocycles. The van der Waals surface area contributed by atoms with E-state index in [0.29, 0.717) is 14.2 Å². The number of aryl methyl sites for hydroxylation is 1. The third-order valence-electron chi connectivity index (χ3n) is 2.54. The summed E-state index contributed by atoms with van der Waals surface area (Å²) >= 11 is 4.32. The van der Waals surface area contributed by atoms with Crippen LogP contribution in [-0.2, 0) is 16.6 Å². The van der Waals surface area contributed by atoms with Crippen LogP contribution in [0.1, 0.15) is 9.75 Å². The van der Waals surface area contributed by atoms with Crippen LogP contribution >= 0.6 is 27.3 Å². The number of anilines is 1. The van der Waals surface area contributed by atoms with Crippen LogP contribution in [0.2, 0.25) is 0 Å². The van der Waals surface area contributed by atoms with Gasteiger partial charge in [-0.25, -0.2) is 12.8 Å². The molecule has 0 bridgehead atoms. The maximum Gasteiger partial charge on any atom is 0.263 e. The molecule has 0 aliphatic carbocycles. The number of aliphatic hydroxyl groups excluding tert-OH is 1. The van der Waals surface area contributed by atoms with E-state index in [1.807, 2.05) is 0 Å². The Morgan fingerprint density at radius 1 is 1.40 bits per heavy atom. The van der Waals surface area contributed by atoms with Gasteiger partial charge in [0.2, 0.25) is 0 Å². The van der Waals surface area contributed by atoms with Crippen LogP contribution in [0.25, 0.3) is 0 Å². The molecule has 0 aliphatic heterocycles. The zero-order valence-corrected chi connectivity index (χ0v) is 13.6. The highest BCUT2D eigenvalue weighted by atomic mass is 79.9. The van der Waals surface area contributed by atoms with Crippen molar-refractivity contribution in [1.82, 2.24) is 0 Å². The van der Waals surface area contributed by atoms with Crippen LogP contribution in [0.5, 0.6) is 0 Å². The predicted octanol–water partition coefficient (Wildman–Crippen LogP) is 3.25. The summed E-state index contributed by atoms with van der Waals surface area (Å²) in [4.78, 5) is 1.27. The first-order valence-electron chi connectivity index (χ1n) is 5.51. The fraction of sp³-hybridized carbons (Fsp3) is 0.167. The van der Waals surface area contributed by atoms with Gasteiger partial charge in [0, 0.05) is 14.2 Å². The van der Waals surface area contributed by atoms with Crippen molar-refractivity contribution in [3.05, 3.63) is 44.3 Å². The summed E-state index contributed by atoms with van der Waals surface area (Å²) in [5.74, 6) is -0.464. The Kier molecular flexibility index (Phi) is 4.48. The van der Waals surface area contributed by atoms with Gasteiger partial charge in [-0.15, -0.1) is 11.3 Å². The summed E-state index contributed by atoms with van der Waals surface area (Å²) in [7, 11) is -3.77. The summed E-state index contributed by atoms with van der Waals surface area (Å²) in [6.45, 7) is 1.46. The topological polar surface area (TPSA) is 66.4 Å². The van der Waals surface area contributed by atoms with Crippen molar-refractivity contribution in [2.75, 3.05) is 4.72 Å². The third kappa shape index (κ3) is 3.20. The normalized spacial score (nSPS) is 11.6. The molecule has 2 aromatic rings. The van der Waals surface area contributed by atoms with Gasteiger partial charge in [-0.1, -0.05) is 0 Å². The Morgan fingerprint density at radius 2 is 2.10 bits per heavy atom. The Balaban J connectivity index is 2.38. The van der Waals surface area contributed by atoms with Gasteiger partial charge in [-0.05, 0) is 47.1 Å². The minimum atomic E-state index is -3.77. The highest BCUT2D eigenvalue weighted by Gasteiger charge is 2.20. The standard InChI is InChI=1S/C12H11BrFNO3S2/c1-7-12(5-9(6-16)19-7)20(17,18)15-11-3-2-8(14)4-10(11)13/h2-5,15-16H,6H2,1H3. The molecule has 0 aliphatic rings. The van der Waals surface area contributed by atoms with E-state index in [-0.39, 0.29) is 17.2 Å². The molecule has 0 saturated heterocycles. The van der Waals surface area contributed by atoms with Gasteiger partial charge in [0.05, 0.1) is 12.3 Å². The summed E-state index contributed by atoms with van der Waals surface area (Å²) in [6, 6.07) is 5.12. The van der Waals surface area contributed by atoms with E-state index >= 15 is 0 Å².